The first-order valence-corrected chi connectivity index (χ1v) is 6.73. The van der Waals surface area contributed by atoms with E-state index in [1.54, 1.807) is 6.07 Å². The van der Waals surface area contributed by atoms with Crippen LogP contribution in [-0.2, 0) is 4.74 Å². The van der Waals surface area contributed by atoms with Crippen molar-refractivity contribution in [1.29, 1.82) is 0 Å². The molecule has 0 unspecified atom stereocenters. The number of esters is 1. The molecule has 1 aliphatic rings. The maximum atomic E-state index is 12.0. The Morgan fingerprint density at radius 3 is 2.67 bits per heavy atom. The fraction of sp³-hybridized carbons (Fsp3) is 0.312. The number of fused-ring (bicyclic) bond motifs is 2. The molecule has 21 heavy (non-hydrogen) atoms. The third-order valence-electron chi connectivity index (χ3n) is 3.82. The van der Waals surface area contributed by atoms with Gasteiger partial charge in [-0.25, -0.2) is 4.79 Å². The van der Waals surface area contributed by atoms with Gasteiger partial charge in [0.2, 0.25) is 0 Å². The van der Waals surface area contributed by atoms with E-state index in [2.05, 4.69) is 0 Å². The van der Waals surface area contributed by atoms with Gasteiger partial charge >= 0.3 is 5.97 Å². The zero-order chi connectivity index (χ0) is 15.1. The van der Waals surface area contributed by atoms with Gasteiger partial charge in [-0.3, -0.25) is 0 Å². The predicted octanol–water partition coefficient (Wildman–Crippen LogP) is 3.18. The number of carbonyl (C=O) groups is 1. The van der Waals surface area contributed by atoms with E-state index in [1.807, 2.05) is 19.1 Å². The van der Waals surface area contributed by atoms with Gasteiger partial charge in [0.1, 0.15) is 17.4 Å². The van der Waals surface area contributed by atoms with E-state index < -0.39 is 5.97 Å². The summed E-state index contributed by atoms with van der Waals surface area (Å²) >= 11 is 0. The molecule has 2 aromatic carbocycles. The molecule has 1 N–H and O–H groups in total. The van der Waals surface area contributed by atoms with E-state index in [9.17, 15) is 9.90 Å². The second-order valence-electron chi connectivity index (χ2n) is 4.89. The van der Waals surface area contributed by atoms with Crippen LogP contribution in [0.1, 0.15) is 35.4 Å². The van der Waals surface area contributed by atoms with Crippen molar-refractivity contribution in [2.24, 2.45) is 0 Å². The molecule has 0 spiro atoms. The molecule has 0 fully saturated rings. The Morgan fingerprint density at radius 2 is 2.05 bits per heavy atom. The first-order valence-electron chi connectivity index (χ1n) is 6.73. The molecule has 110 valence electrons. The summed E-state index contributed by atoms with van der Waals surface area (Å²) in [6.07, 6.45) is 0.354. The van der Waals surface area contributed by atoms with Crippen molar-refractivity contribution >= 4 is 16.7 Å². The quantitative estimate of drug-likeness (QED) is 0.879. The van der Waals surface area contributed by atoms with Crippen LogP contribution in [0, 0.1) is 0 Å². The van der Waals surface area contributed by atoms with Gasteiger partial charge in [0, 0.05) is 5.56 Å². The summed E-state index contributed by atoms with van der Waals surface area (Å²) in [7, 11) is 3.02. The number of carbonyl (C=O) groups excluding carboxylic acids is 1. The lowest BCUT2D eigenvalue weighted by molar-refractivity contribution is 0.0377. The van der Waals surface area contributed by atoms with Gasteiger partial charge < -0.3 is 19.3 Å². The second-order valence-corrected chi connectivity index (χ2v) is 4.89. The van der Waals surface area contributed by atoms with E-state index in [4.69, 9.17) is 14.2 Å². The molecule has 0 bridgehead atoms. The number of hydrogen-bond donors (Lipinski definition) is 1. The molecule has 5 nitrogen and oxygen atoms in total. The smallest absolute Gasteiger partial charge is 0.342 e. The summed E-state index contributed by atoms with van der Waals surface area (Å²) in [6, 6.07) is 5.46. The summed E-state index contributed by atoms with van der Waals surface area (Å²) in [6.45, 7) is 1.93. The van der Waals surface area contributed by atoms with Crippen molar-refractivity contribution < 1.29 is 24.1 Å². The van der Waals surface area contributed by atoms with Crippen molar-refractivity contribution in [3.63, 3.8) is 0 Å². The molecule has 2 aromatic rings. The lowest BCUT2D eigenvalue weighted by Crippen LogP contribution is -1.97. The fourth-order valence-electron chi connectivity index (χ4n) is 2.83. The number of phenols is 1. The summed E-state index contributed by atoms with van der Waals surface area (Å²) in [4.78, 5) is 12.0. The highest BCUT2D eigenvalue weighted by molar-refractivity contribution is 6.07. The number of aromatic hydroxyl groups is 1. The van der Waals surface area contributed by atoms with Crippen molar-refractivity contribution in [1.82, 2.24) is 0 Å². The lowest BCUT2D eigenvalue weighted by atomic mass is 9.96. The van der Waals surface area contributed by atoms with Crippen molar-refractivity contribution in [2.45, 2.75) is 19.4 Å². The van der Waals surface area contributed by atoms with E-state index in [0.29, 0.717) is 23.3 Å². The molecule has 0 saturated carbocycles. The van der Waals surface area contributed by atoms with Crippen LogP contribution in [0.15, 0.2) is 18.2 Å². The van der Waals surface area contributed by atoms with Gasteiger partial charge in [-0.1, -0.05) is 13.0 Å². The van der Waals surface area contributed by atoms with Crippen LogP contribution in [0.3, 0.4) is 0 Å². The largest absolute Gasteiger partial charge is 0.506 e. The van der Waals surface area contributed by atoms with Crippen LogP contribution in [0.5, 0.6) is 17.2 Å². The molecule has 3 rings (SSSR count). The van der Waals surface area contributed by atoms with Crippen molar-refractivity contribution in [2.75, 3.05) is 14.2 Å². The van der Waals surface area contributed by atoms with Crippen LogP contribution >= 0.6 is 0 Å². The van der Waals surface area contributed by atoms with E-state index in [0.717, 1.165) is 10.9 Å². The lowest BCUT2D eigenvalue weighted by Gasteiger charge is -2.14. The zero-order valence-electron chi connectivity index (χ0n) is 12.1. The third kappa shape index (κ3) is 1.81. The van der Waals surface area contributed by atoms with Gasteiger partial charge in [0.05, 0.1) is 19.6 Å². The molecule has 0 aromatic heterocycles. The monoisotopic (exact) mass is 288 g/mol. The fourth-order valence-corrected chi connectivity index (χ4v) is 2.83. The number of phenolic OH excluding ortho intramolecular Hbond substituents is 1. The summed E-state index contributed by atoms with van der Waals surface area (Å²) in [5, 5.41) is 11.8. The number of cyclic esters (lactones) is 1. The third-order valence-corrected chi connectivity index (χ3v) is 3.82. The van der Waals surface area contributed by atoms with Crippen molar-refractivity contribution in [3.05, 3.63) is 29.3 Å². The van der Waals surface area contributed by atoms with Crippen molar-refractivity contribution in [3.8, 4) is 17.2 Å². The highest BCUT2D eigenvalue weighted by Crippen LogP contribution is 2.47. The Bertz CT molecular complexity index is 735. The Morgan fingerprint density at radius 1 is 1.29 bits per heavy atom. The van der Waals surface area contributed by atoms with Crippen LogP contribution < -0.4 is 9.47 Å². The molecule has 1 aliphatic heterocycles. The molecule has 1 atom stereocenters. The minimum absolute atomic E-state index is 0.112. The van der Waals surface area contributed by atoms with E-state index in [-0.39, 0.29) is 17.4 Å². The summed E-state index contributed by atoms with van der Waals surface area (Å²) in [5.41, 5.74) is 0.945. The minimum atomic E-state index is -0.499. The maximum Gasteiger partial charge on any atom is 0.342 e. The predicted molar refractivity (Wildman–Crippen MR) is 77.2 cm³/mol. The number of ether oxygens (including phenoxy) is 3. The van der Waals surface area contributed by atoms with Gasteiger partial charge in [0.25, 0.3) is 0 Å². The Hall–Kier alpha value is -2.43. The maximum absolute atomic E-state index is 12.0. The van der Waals surface area contributed by atoms with E-state index >= 15 is 0 Å². The minimum Gasteiger partial charge on any atom is -0.506 e. The molecule has 0 saturated heterocycles. The normalized spacial score (nSPS) is 16.7. The summed E-state index contributed by atoms with van der Waals surface area (Å²) < 4.78 is 15.9. The molecular weight excluding hydrogens is 272 g/mol. The average molecular weight is 288 g/mol. The van der Waals surface area contributed by atoms with Gasteiger partial charge in [-0.2, -0.15) is 0 Å². The topological polar surface area (TPSA) is 65.0 Å². The first kappa shape index (κ1) is 13.5. The molecule has 5 heteroatoms. The van der Waals surface area contributed by atoms with Crippen LogP contribution in [-0.4, -0.2) is 25.3 Å². The Balaban J connectivity index is 2.39. The van der Waals surface area contributed by atoms with Crippen LogP contribution in [0.2, 0.25) is 0 Å². The highest BCUT2D eigenvalue weighted by Gasteiger charge is 2.34. The van der Waals surface area contributed by atoms with E-state index in [1.165, 1.54) is 14.2 Å². The Kier molecular flexibility index (Phi) is 3.12. The van der Waals surface area contributed by atoms with Gasteiger partial charge in [0.15, 0.2) is 11.5 Å². The standard InChI is InChI=1S/C16H16O5/c1-4-10-9-7-8-5-6-11(19-2)15(20-3)12(8)14(17)13(9)16(18)21-10/h5-7,10,17H,4H2,1-3H3/t10-/m0/s1. The first-order chi connectivity index (χ1) is 10.1. The molecule has 1 heterocycles. The molecule has 0 radical (unpaired) electrons. The number of hydrogen-bond acceptors (Lipinski definition) is 5. The SMILES string of the molecule is CC[C@@H]1OC(=O)c2c1cc1ccc(OC)c(OC)c1c2O. The summed E-state index contributed by atoms with van der Waals surface area (Å²) in [5.74, 6) is 0.294. The molecule has 0 aliphatic carbocycles. The molecular formula is C16H16O5. The number of methoxy groups -OCH3 is 2. The van der Waals surface area contributed by atoms with Gasteiger partial charge in [-0.05, 0) is 23.9 Å². The number of benzene rings is 2. The molecule has 0 amide bonds. The highest BCUT2D eigenvalue weighted by atomic mass is 16.5. The van der Waals surface area contributed by atoms with Crippen LogP contribution in [0.25, 0.3) is 10.8 Å². The van der Waals surface area contributed by atoms with Gasteiger partial charge in [-0.15, -0.1) is 0 Å². The zero-order valence-corrected chi connectivity index (χ0v) is 12.1. The second kappa shape index (κ2) is 4.84. The Labute approximate surface area is 122 Å². The number of rotatable bonds is 3. The van der Waals surface area contributed by atoms with Crippen LogP contribution in [0.4, 0.5) is 0 Å². The average Bonchev–Trinajstić information content (AvgIpc) is 2.82.